The van der Waals surface area contributed by atoms with Gasteiger partial charge in [0.15, 0.2) is 11.6 Å². The molecule has 0 spiro atoms. The van der Waals surface area contributed by atoms with Crippen LogP contribution in [0.15, 0.2) is 30.3 Å². The molecule has 1 fully saturated rings. The highest BCUT2D eigenvalue weighted by molar-refractivity contribution is 7.25. The van der Waals surface area contributed by atoms with E-state index in [1.807, 2.05) is 31.2 Å². The van der Waals surface area contributed by atoms with Crippen molar-refractivity contribution in [2.75, 3.05) is 13.2 Å². The lowest BCUT2D eigenvalue weighted by Gasteiger charge is -2.11. The number of hydrogen-bond acceptors (Lipinski definition) is 3. The van der Waals surface area contributed by atoms with Crippen LogP contribution < -0.4 is 9.47 Å². The maximum atomic E-state index is 14.7. The molecular formula is C21H23FO2S. The normalized spacial score (nSPS) is 15.3. The summed E-state index contributed by atoms with van der Waals surface area (Å²) in [7, 11) is 0. The van der Waals surface area contributed by atoms with Gasteiger partial charge in [0.2, 0.25) is 0 Å². The van der Waals surface area contributed by atoms with Gasteiger partial charge < -0.3 is 9.47 Å². The molecule has 0 aliphatic heterocycles. The van der Waals surface area contributed by atoms with Gasteiger partial charge in [0, 0.05) is 15.5 Å². The van der Waals surface area contributed by atoms with E-state index in [0.717, 1.165) is 34.2 Å². The van der Waals surface area contributed by atoms with E-state index in [-0.39, 0.29) is 5.82 Å². The minimum absolute atomic E-state index is 0.249. The molecule has 1 aromatic heterocycles. The van der Waals surface area contributed by atoms with E-state index in [1.165, 1.54) is 37.0 Å². The number of halogens is 1. The summed E-state index contributed by atoms with van der Waals surface area (Å²) in [6.45, 7) is 3.34. The Labute approximate surface area is 151 Å². The van der Waals surface area contributed by atoms with Crippen molar-refractivity contribution in [2.24, 2.45) is 5.92 Å². The highest BCUT2D eigenvalue weighted by Crippen LogP contribution is 2.40. The Balaban J connectivity index is 1.63. The number of thiophene rings is 1. The highest BCUT2D eigenvalue weighted by Gasteiger charge is 2.17. The van der Waals surface area contributed by atoms with Gasteiger partial charge in [-0.3, -0.25) is 0 Å². The molecule has 0 saturated heterocycles. The van der Waals surface area contributed by atoms with Crippen LogP contribution >= 0.6 is 11.3 Å². The summed E-state index contributed by atoms with van der Waals surface area (Å²) in [6, 6.07) is 9.79. The van der Waals surface area contributed by atoms with Crippen LogP contribution in [-0.2, 0) is 0 Å². The average molecular weight is 358 g/mol. The van der Waals surface area contributed by atoms with E-state index in [0.29, 0.717) is 23.0 Å². The lowest BCUT2D eigenvalue weighted by molar-refractivity contribution is 0.252. The number of hydrogen-bond donors (Lipinski definition) is 0. The third-order valence-corrected chi connectivity index (χ3v) is 6.10. The van der Waals surface area contributed by atoms with Crippen LogP contribution in [0, 0.1) is 11.7 Å². The summed E-state index contributed by atoms with van der Waals surface area (Å²) in [5.41, 5.74) is 0. The third kappa shape index (κ3) is 3.32. The Hall–Kier alpha value is -1.81. The molecule has 0 bridgehead atoms. The molecule has 1 aliphatic carbocycles. The zero-order valence-corrected chi connectivity index (χ0v) is 15.3. The van der Waals surface area contributed by atoms with E-state index >= 15 is 0 Å². The van der Waals surface area contributed by atoms with E-state index in [2.05, 4.69) is 0 Å². The molecule has 0 radical (unpaired) electrons. The Kier molecular flexibility index (Phi) is 4.80. The number of rotatable bonds is 6. The van der Waals surface area contributed by atoms with Crippen LogP contribution in [0.5, 0.6) is 11.5 Å². The topological polar surface area (TPSA) is 18.5 Å². The van der Waals surface area contributed by atoms with Gasteiger partial charge in [-0.05, 0) is 55.5 Å². The second kappa shape index (κ2) is 7.20. The van der Waals surface area contributed by atoms with Gasteiger partial charge in [0.1, 0.15) is 5.75 Å². The zero-order chi connectivity index (χ0) is 17.2. The van der Waals surface area contributed by atoms with E-state index in [9.17, 15) is 4.39 Å². The Morgan fingerprint density at radius 2 is 1.88 bits per heavy atom. The molecule has 0 unspecified atom stereocenters. The molecule has 0 N–H and O–H groups in total. The van der Waals surface area contributed by atoms with Crippen molar-refractivity contribution < 1.29 is 13.9 Å². The fourth-order valence-corrected chi connectivity index (χ4v) is 4.73. The summed E-state index contributed by atoms with van der Waals surface area (Å²) in [5.74, 6) is 1.67. The van der Waals surface area contributed by atoms with Gasteiger partial charge in [-0.25, -0.2) is 4.39 Å². The molecule has 4 heteroatoms. The lowest BCUT2D eigenvalue weighted by Crippen LogP contribution is -2.07. The highest BCUT2D eigenvalue weighted by atomic mass is 32.1. The maximum Gasteiger partial charge on any atom is 0.182 e. The number of benzene rings is 2. The minimum atomic E-state index is -0.249. The molecule has 0 amide bonds. The molecule has 3 aromatic rings. The lowest BCUT2D eigenvalue weighted by atomic mass is 10.1. The summed E-state index contributed by atoms with van der Waals surface area (Å²) in [4.78, 5) is 0. The SMILES string of the molecule is CCCOc1ccc2c(sc3cc(OCC4CCCC4)ccc32)c1F. The van der Waals surface area contributed by atoms with Gasteiger partial charge in [0.25, 0.3) is 0 Å². The summed E-state index contributed by atoms with van der Waals surface area (Å²) >= 11 is 1.47. The van der Waals surface area contributed by atoms with E-state index in [1.54, 1.807) is 6.07 Å². The van der Waals surface area contributed by atoms with Crippen molar-refractivity contribution in [3.63, 3.8) is 0 Å². The average Bonchev–Trinajstić information content (AvgIpc) is 3.27. The molecule has 0 atom stereocenters. The summed E-state index contributed by atoms with van der Waals surface area (Å²) in [5, 5.41) is 2.03. The first-order valence-corrected chi connectivity index (χ1v) is 9.98. The molecular weight excluding hydrogens is 335 g/mol. The first-order valence-electron chi connectivity index (χ1n) is 9.16. The number of ether oxygens (including phenoxy) is 2. The molecule has 2 nitrogen and oxygen atoms in total. The van der Waals surface area contributed by atoms with Crippen molar-refractivity contribution in [3.8, 4) is 11.5 Å². The zero-order valence-electron chi connectivity index (χ0n) is 14.5. The molecule has 1 aliphatic rings. The second-order valence-corrected chi connectivity index (χ2v) is 7.88. The van der Waals surface area contributed by atoms with Crippen LogP contribution in [0.3, 0.4) is 0 Å². The smallest absolute Gasteiger partial charge is 0.182 e. The van der Waals surface area contributed by atoms with Crippen LogP contribution in [0.4, 0.5) is 4.39 Å². The second-order valence-electron chi connectivity index (χ2n) is 6.82. The Morgan fingerprint density at radius 3 is 2.68 bits per heavy atom. The van der Waals surface area contributed by atoms with Gasteiger partial charge in [-0.2, -0.15) is 0 Å². The molecule has 25 heavy (non-hydrogen) atoms. The predicted molar refractivity (Wildman–Crippen MR) is 103 cm³/mol. The molecule has 1 saturated carbocycles. The van der Waals surface area contributed by atoms with Crippen molar-refractivity contribution >= 4 is 31.5 Å². The monoisotopic (exact) mass is 358 g/mol. The first-order chi connectivity index (χ1) is 12.3. The fraction of sp³-hybridized carbons (Fsp3) is 0.429. The van der Waals surface area contributed by atoms with Crippen molar-refractivity contribution in [1.82, 2.24) is 0 Å². The third-order valence-electron chi connectivity index (χ3n) is 4.94. The van der Waals surface area contributed by atoms with Gasteiger partial charge in [-0.15, -0.1) is 11.3 Å². The van der Waals surface area contributed by atoms with Crippen LogP contribution in [0.2, 0.25) is 0 Å². The quantitative estimate of drug-likeness (QED) is 0.497. The fourth-order valence-electron chi connectivity index (χ4n) is 3.57. The first kappa shape index (κ1) is 16.6. The van der Waals surface area contributed by atoms with E-state index < -0.39 is 0 Å². The number of fused-ring (bicyclic) bond motifs is 3. The molecule has 2 aromatic carbocycles. The van der Waals surface area contributed by atoms with E-state index in [4.69, 9.17) is 9.47 Å². The van der Waals surface area contributed by atoms with Crippen LogP contribution in [-0.4, -0.2) is 13.2 Å². The summed E-state index contributed by atoms with van der Waals surface area (Å²) in [6.07, 6.45) is 6.07. The van der Waals surface area contributed by atoms with Gasteiger partial charge >= 0.3 is 0 Å². The Bertz CT molecular complexity index is 880. The predicted octanol–water partition coefficient (Wildman–Crippen LogP) is 6.55. The minimum Gasteiger partial charge on any atom is -0.493 e. The molecule has 4 rings (SSSR count). The van der Waals surface area contributed by atoms with Crippen molar-refractivity contribution in [3.05, 3.63) is 36.1 Å². The molecule has 1 heterocycles. The van der Waals surface area contributed by atoms with Crippen molar-refractivity contribution in [2.45, 2.75) is 39.0 Å². The van der Waals surface area contributed by atoms with Gasteiger partial charge in [0.05, 0.1) is 17.9 Å². The largest absolute Gasteiger partial charge is 0.493 e. The Morgan fingerprint density at radius 1 is 1.08 bits per heavy atom. The molecule has 132 valence electrons. The van der Waals surface area contributed by atoms with Crippen molar-refractivity contribution in [1.29, 1.82) is 0 Å². The maximum absolute atomic E-state index is 14.7. The van der Waals surface area contributed by atoms with Gasteiger partial charge in [-0.1, -0.05) is 19.8 Å². The summed E-state index contributed by atoms with van der Waals surface area (Å²) < 4.78 is 28.0. The van der Waals surface area contributed by atoms with Crippen LogP contribution in [0.25, 0.3) is 20.2 Å². The standard InChI is InChI=1S/C21H23FO2S/c1-2-11-23-18-10-9-17-16-8-7-15(24-13-14-5-3-4-6-14)12-19(16)25-21(17)20(18)22/h7-10,12,14H,2-6,11,13H2,1H3. The van der Waals surface area contributed by atoms with Crippen LogP contribution in [0.1, 0.15) is 39.0 Å².